The van der Waals surface area contributed by atoms with Crippen molar-refractivity contribution in [2.24, 2.45) is 0 Å². The van der Waals surface area contributed by atoms with Crippen LogP contribution in [0.2, 0.25) is 0 Å². The minimum Gasteiger partial charge on any atom is -0.469 e. The number of carbonyl (C=O) groups is 2. The van der Waals surface area contributed by atoms with E-state index in [2.05, 4.69) is 18.2 Å². The summed E-state index contributed by atoms with van der Waals surface area (Å²) in [5.74, 6) is 0.216. The molecule has 4 heteroatoms. The second-order valence-electron chi connectivity index (χ2n) is 5.37. The Hall–Kier alpha value is -1.84. The number of carbonyl (C=O) groups excluding carboxylic acids is 2. The third kappa shape index (κ3) is 3.38. The van der Waals surface area contributed by atoms with Crippen molar-refractivity contribution in [1.82, 2.24) is 4.90 Å². The Kier molecular flexibility index (Phi) is 4.77. The molecule has 0 saturated carbocycles. The minimum atomic E-state index is -0.206. The smallest absolute Gasteiger partial charge is 0.309 e. The maximum atomic E-state index is 11.5. The fourth-order valence-corrected chi connectivity index (χ4v) is 2.83. The lowest BCUT2D eigenvalue weighted by atomic mass is 9.85. The standard InChI is InChI=1S/C16H21NO3/c1-12-3-4-15(14(9-12)10-16(19)20-2)13-5-7-17(11-18)8-6-13/h3-4,9,11,13H,5-8,10H2,1-2H3. The van der Waals surface area contributed by atoms with E-state index in [1.165, 1.54) is 12.7 Å². The van der Waals surface area contributed by atoms with Gasteiger partial charge in [0.05, 0.1) is 13.5 Å². The monoisotopic (exact) mass is 275 g/mol. The highest BCUT2D eigenvalue weighted by atomic mass is 16.5. The number of ether oxygens (including phenoxy) is 1. The Balaban J connectivity index is 2.18. The molecule has 2 rings (SSSR count). The zero-order valence-electron chi connectivity index (χ0n) is 12.1. The van der Waals surface area contributed by atoms with Crippen molar-refractivity contribution >= 4 is 12.4 Å². The van der Waals surface area contributed by atoms with E-state index in [4.69, 9.17) is 4.74 Å². The molecule has 1 aliphatic heterocycles. The van der Waals surface area contributed by atoms with E-state index in [0.29, 0.717) is 12.3 Å². The van der Waals surface area contributed by atoms with E-state index in [9.17, 15) is 9.59 Å². The van der Waals surface area contributed by atoms with Crippen LogP contribution in [0, 0.1) is 6.92 Å². The topological polar surface area (TPSA) is 46.6 Å². The van der Waals surface area contributed by atoms with Gasteiger partial charge in [-0.3, -0.25) is 9.59 Å². The quantitative estimate of drug-likeness (QED) is 0.624. The summed E-state index contributed by atoms with van der Waals surface area (Å²) in [6, 6.07) is 6.27. The Morgan fingerprint density at radius 3 is 2.70 bits per heavy atom. The number of esters is 1. The van der Waals surface area contributed by atoms with Crippen LogP contribution in [0.15, 0.2) is 18.2 Å². The number of rotatable bonds is 4. The van der Waals surface area contributed by atoms with E-state index in [1.807, 2.05) is 11.8 Å². The Labute approximate surface area is 119 Å². The molecule has 0 aliphatic carbocycles. The third-order valence-electron chi connectivity index (χ3n) is 3.98. The predicted molar refractivity (Wildman–Crippen MR) is 76.5 cm³/mol. The number of nitrogens with zero attached hydrogens (tertiary/aromatic N) is 1. The minimum absolute atomic E-state index is 0.206. The second-order valence-corrected chi connectivity index (χ2v) is 5.37. The number of methoxy groups -OCH3 is 1. The molecule has 0 spiro atoms. The normalized spacial score (nSPS) is 16.0. The van der Waals surface area contributed by atoms with Gasteiger partial charge >= 0.3 is 5.97 Å². The van der Waals surface area contributed by atoms with Gasteiger partial charge in [0.15, 0.2) is 0 Å². The summed E-state index contributed by atoms with van der Waals surface area (Å²) in [4.78, 5) is 24.1. The molecule has 20 heavy (non-hydrogen) atoms. The molecule has 1 fully saturated rings. The molecule has 1 saturated heterocycles. The van der Waals surface area contributed by atoms with Crippen molar-refractivity contribution in [3.63, 3.8) is 0 Å². The molecule has 0 N–H and O–H groups in total. The van der Waals surface area contributed by atoms with Crippen LogP contribution in [0.3, 0.4) is 0 Å². The highest BCUT2D eigenvalue weighted by Gasteiger charge is 2.22. The van der Waals surface area contributed by atoms with Gasteiger partial charge in [0, 0.05) is 13.1 Å². The third-order valence-corrected chi connectivity index (χ3v) is 3.98. The highest BCUT2D eigenvalue weighted by molar-refractivity contribution is 5.73. The molecule has 1 amide bonds. The van der Waals surface area contributed by atoms with E-state index in [-0.39, 0.29) is 5.97 Å². The Morgan fingerprint density at radius 1 is 1.40 bits per heavy atom. The summed E-state index contributed by atoms with van der Waals surface area (Å²) in [5.41, 5.74) is 3.44. The van der Waals surface area contributed by atoms with Gasteiger partial charge < -0.3 is 9.64 Å². The molecule has 0 bridgehead atoms. The van der Waals surface area contributed by atoms with Gasteiger partial charge in [-0.15, -0.1) is 0 Å². The van der Waals surface area contributed by atoms with Crippen molar-refractivity contribution in [3.8, 4) is 0 Å². The summed E-state index contributed by atoms with van der Waals surface area (Å²) >= 11 is 0. The van der Waals surface area contributed by atoms with Crippen molar-refractivity contribution < 1.29 is 14.3 Å². The van der Waals surface area contributed by atoms with Gasteiger partial charge in [-0.05, 0) is 36.8 Å². The van der Waals surface area contributed by atoms with E-state index in [0.717, 1.165) is 43.5 Å². The number of aryl methyl sites for hydroxylation is 1. The fourth-order valence-electron chi connectivity index (χ4n) is 2.83. The van der Waals surface area contributed by atoms with E-state index < -0.39 is 0 Å². The van der Waals surface area contributed by atoms with Crippen LogP contribution >= 0.6 is 0 Å². The molecule has 1 aliphatic rings. The predicted octanol–water partition coefficient (Wildman–Crippen LogP) is 2.05. The first-order chi connectivity index (χ1) is 9.63. The number of hydrogen-bond acceptors (Lipinski definition) is 3. The molecule has 108 valence electrons. The first kappa shape index (κ1) is 14.6. The van der Waals surface area contributed by atoms with Crippen LogP contribution in [-0.4, -0.2) is 37.5 Å². The summed E-state index contributed by atoms with van der Waals surface area (Å²) in [6.45, 7) is 3.61. The van der Waals surface area contributed by atoms with Gasteiger partial charge in [-0.25, -0.2) is 0 Å². The maximum absolute atomic E-state index is 11.5. The lowest BCUT2D eigenvalue weighted by molar-refractivity contribution is -0.139. The molecule has 1 aromatic carbocycles. The SMILES string of the molecule is COC(=O)Cc1cc(C)ccc1C1CCN(C=O)CC1. The number of amides is 1. The van der Waals surface area contributed by atoms with Crippen LogP contribution in [0.1, 0.15) is 35.4 Å². The van der Waals surface area contributed by atoms with Crippen LogP contribution in [0.5, 0.6) is 0 Å². The molecule has 0 radical (unpaired) electrons. The number of likely N-dealkylation sites (tertiary alicyclic amines) is 1. The van der Waals surface area contributed by atoms with Gasteiger partial charge in [0.2, 0.25) is 6.41 Å². The average Bonchev–Trinajstić information content (AvgIpc) is 2.47. The lowest BCUT2D eigenvalue weighted by Crippen LogP contribution is -2.32. The molecular formula is C16H21NO3. The zero-order valence-corrected chi connectivity index (χ0v) is 12.1. The van der Waals surface area contributed by atoms with E-state index >= 15 is 0 Å². The first-order valence-electron chi connectivity index (χ1n) is 6.99. The lowest BCUT2D eigenvalue weighted by Gasteiger charge is -2.30. The largest absolute Gasteiger partial charge is 0.469 e. The van der Waals surface area contributed by atoms with Crippen molar-refractivity contribution in [3.05, 3.63) is 34.9 Å². The van der Waals surface area contributed by atoms with Crippen LogP contribution < -0.4 is 0 Å². The van der Waals surface area contributed by atoms with Gasteiger partial charge in [-0.2, -0.15) is 0 Å². The van der Waals surface area contributed by atoms with Crippen LogP contribution in [0.4, 0.5) is 0 Å². The molecule has 0 aromatic heterocycles. The number of piperidine rings is 1. The highest BCUT2D eigenvalue weighted by Crippen LogP contribution is 2.31. The van der Waals surface area contributed by atoms with Crippen LogP contribution in [0.25, 0.3) is 0 Å². The first-order valence-corrected chi connectivity index (χ1v) is 6.99. The van der Waals surface area contributed by atoms with Gasteiger partial charge in [-0.1, -0.05) is 23.8 Å². The van der Waals surface area contributed by atoms with Gasteiger partial charge in [0.25, 0.3) is 0 Å². The number of benzene rings is 1. The summed E-state index contributed by atoms with van der Waals surface area (Å²) < 4.78 is 4.78. The summed E-state index contributed by atoms with van der Waals surface area (Å²) in [7, 11) is 1.42. The molecule has 1 heterocycles. The number of hydrogen-bond donors (Lipinski definition) is 0. The summed E-state index contributed by atoms with van der Waals surface area (Å²) in [6.07, 6.45) is 3.15. The molecule has 1 aromatic rings. The maximum Gasteiger partial charge on any atom is 0.309 e. The zero-order chi connectivity index (χ0) is 14.5. The average molecular weight is 275 g/mol. The Morgan fingerprint density at radius 2 is 2.10 bits per heavy atom. The molecule has 0 unspecified atom stereocenters. The van der Waals surface area contributed by atoms with Crippen molar-refractivity contribution in [1.29, 1.82) is 0 Å². The Bertz CT molecular complexity index is 490. The fraction of sp³-hybridized carbons (Fsp3) is 0.500. The van der Waals surface area contributed by atoms with Crippen molar-refractivity contribution in [2.75, 3.05) is 20.2 Å². The molecule has 0 atom stereocenters. The second kappa shape index (κ2) is 6.55. The van der Waals surface area contributed by atoms with Crippen LogP contribution in [-0.2, 0) is 20.7 Å². The molecular weight excluding hydrogens is 254 g/mol. The molecule has 4 nitrogen and oxygen atoms in total. The van der Waals surface area contributed by atoms with Crippen molar-refractivity contribution in [2.45, 2.75) is 32.1 Å². The van der Waals surface area contributed by atoms with Gasteiger partial charge in [0.1, 0.15) is 0 Å². The summed E-state index contributed by atoms with van der Waals surface area (Å²) in [5, 5.41) is 0. The van der Waals surface area contributed by atoms with E-state index in [1.54, 1.807) is 0 Å².